The van der Waals surface area contributed by atoms with Crippen molar-refractivity contribution in [1.29, 1.82) is 0 Å². The summed E-state index contributed by atoms with van der Waals surface area (Å²) in [5.74, 6) is -2.19. The molecular formula is C18H13N2NaO6S2. The molecular weight excluding hydrogens is 427 g/mol. The molecule has 1 unspecified atom stereocenters. The van der Waals surface area contributed by atoms with Crippen LogP contribution in [0.2, 0.25) is 0 Å². The van der Waals surface area contributed by atoms with Gasteiger partial charge in [0.05, 0.1) is 10.9 Å². The number of azo groups is 1. The van der Waals surface area contributed by atoms with Gasteiger partial charge in [-0.3, -0.25) is 0 Å². The molecule has 8 nitrogen and oxygen atoms in total. The molecule has 3 rings (SSSR count). The topological polar surface area (TPSA) is 132 Å². The van der Waals surface area contributed by atoms with E-state index in [1.54, 1.807) is 37.3 Å². The van der Waals surface area contributed by atoms with Gasteiger partial charge in [0, 0.05) is 22.1 Å². The molecule has 0 aromatic heterocycles. The number of phenols is 1. The zero-order chi connectivity index (χ0) is 20.5. The molecule has 0 saturated carbocycles. The molecule has 0 saturated heterocycles. The third-order valence-electron chi connectivity index (χ3n) is 3.96. The Hall–Kier alpha value is -1.92. The van der Waals surface area contributed by atoms with Crippen molar-refractivity contribution in [2.75, 3.05) is 0 Å². The SMILES string of the molecule is Cc1ccc(N=Nc2c(O)c(C(=O)[O-])cc3ccccc23)c(S(=O)(=S)OO)c1.[Na+]. The average molecular weight is 440 g/mol. The first-order valence-corrected chi connectivity index (χ1v) is 10.2. The van der Waals surface area contributed by atoms with Gasteiger partial charge in [-0.15, -0.1) is 14.6 Å². The molecule has 0 heterocycles. The van der Waals surface area contributed by atoms with Crippen LogP contribution >= 0.6 is 0 Å². The number of hydrogen-bond donors (Lipinski definition) is 2. The molecule has 144 valence electrons. The van der Waals surface area contributed by atoms with E-state index in [9.17, 15) is 19.2 Å². The van der Waals surface area contributed by atoms with E-state index in [4.69, 9.17) is 16.4 Å². The van der Waals surface area contributed by atoms with Crippen molar-refractivity contribution in [2.45, 2.75) is 11.8 Å². The van der Waals surface area contributed by atoms with Crippen molar-refractivity contribution < 1.29 is 58.4 Å². The van der Waals surface area contributed by atoms with Gasteiger partial charge in [-0.2, -0.15) is 0 Å². The van der Waals surface area contributed by atoms with Crippen LogP contribution < -0.4 is 34.7 Å². The van der Waals surface area contributed by atoms with Crippen molar-refractivity contribution >= 4 is 48.1 Å². The molecule has 0 aliphatic carbocycles. The number of aromatic hydroxyl groups is 1. The number of carboxylic acids is 1. The van der Waals surface area contributed by atoms with Crippen LogP contribution in [0.1, 0.15) is 15.9 Å². The first-order valence-electron chi connectivity index (χ1n) is 7.81. The maximum absolute atomic E-state index is 12.3. The molecule has 0 radical (unpaired) electrons. The fourth-order valence-corrected chi connectivity index (χ4v) is 3.80. The minimum absolute atomic E-state index is 0. The van der Waals surface area contributed by atoms with Gasteiger partial charge in [0.2, 0.25) is 8.77 Å². The number of carbonyl (C=O) groups excluding carboxylic acids is 1. The Balaban J connectivity index is 0.00000300. The predicted molar refractivity (Wildman–Crippen MR) is 103 cm³/mol. The third kappa shape index (κ3) is 4.81. The first kappa shape index (κ1) is 23.4. The van der Waals surface area contributed by atoms with E-state index in [2.05, 4.69) is 14.6 Å². The van der Waals surface area contributed by atoms with Gasteiger partial charge in [-0.25, -0.2) is 9.47 Å². The Kier molecular flexibility index (Phi) is 7.46. The Morgan fingerprint density at radius 3 is 2.52 bits per heavy atom. The van der Waals surface area contributed by atoms with Crippen molar-refractivity contribution in [3.8, 4) is 5.75 Å². The summed E-state index contributed by atoms with van der Waals surface area (Å²) in [7, 11) is -3.66. The molecule has 0 fully saturated rings. The molecule has 3 aromatic carbocycles. The number of carbonyl (C=O) groups is 1. The van der Waals surface area contributed by atoms with Crippen LogP contribution in [0.4, 0.5) is 11.4 Å². The van der Waals surface area contributed by atoms with Gasteiger partial charge in [0.15, 0.2) is 5.75 Å². The van der Waals surface area contributed by atoms with E-state index in [0.29, 0.717) is 16.3 Å². The summed E-state index contributed by atoms with van der Waals surface area (Å²) < 4.78 is 16.2. The number of fused-ring (bicyclic) bond motifs is 1. The van der Waals surface area contributed by atoms with E-state index >= 15 is 0 Å². The predicted octanol–water partition coefficient (Wildman–Crippen LogP) is 0.147. The largest absolute Gasteiger partial charge is 1.00 e. The summed E-state index contributed by atoms with van der Waals surface area (Å²) in [6, 6.07) is 12.5. The van der Waals surface area contributed by atoms with Gasteiger partial charge in [-0.05, 0) is 36.1 Å². The van der Waals surface area contributed by atoms with Crippen LogP contribution in [-0.2, 0) is 24.3 Å². The van der Waals surface area contributed by atoms with Crippen LogP contribution in [0.3, 0.4) is 0 Å². The third-order valence-corrected chi connectivity index (χ3v) is 5.74. The standard InChI is InChI=1S/C18H14N2O6S2.Na/c1-10-6-7-14(15(8-10)28(25,27)26-24)19-20-16-12-5-3-2-4-11(12)9-13(17(16)21)18(22)23;/h2-9,21,24H,1H3,(H,22,23);/q;+1/p-1. The number of aromatic carboxylic acids is 1. The van der Waals surface area contributed by atoms with Gasteiger partial charge in [0.1, 0.15) is 11.4 Å². The Morgan fingerprint density at radius 1 is 1.17 bits per heavy atom. The van der Waals surface area contributed by atoms with Gasteiger partial charge >= 0.3 is 29.6 Å². The molecule has 0 aliphatic rings. The Bertz CT molecular complexity index is 1230. The molecule has 0 bridgehead atoms. The van der Waals surface area contributed by atoms with E-state index in [1.165, 1.54) is 18.2 Å². The molecule has 1 atom stereocenters. The minimum Gasteiger partial charge on any atom is -0.545 e. The van der Waals surface area contributed by atoms with Gasteiger partial charge in [-0.1, -0.05) is 30.3 Å². The minimum atomic E-state index is -3.66. The Labute approximate surface area is 193 Å². The summed E-state index contributed by atoms with van der Waals surface area (Å²) in [4.78, 5) is 11.2. The van der Waals surface area contributed by atoms with Crippen LogP contribution in [0.15, 0.2) is 63.7 Å². The van der Waals surface area contributed by atoms with Crippen LogP contribution in [-0.4, -0.2) is 20.5 Å². The second-order valence-corrected chi connectivity index (χ2v) is 8.64. The van der Waals surface area contributed by atoms with E-state index in [-0.39, 0.29) is 45.8 Å². The number of rotatable bonds is 5. The number of hydrogen-bond acceptors (Lipinski definition) is 9. The fraction of sp³-hybridized carbons (Fsp3) is 0.0556. The molecule has 0 aliphatic heterocycles. The summed E-state index contributed by atoms with van der Waals surface area (Å²) in [5.41, 5.74) is 0.171. The fourth-order valence-electron chi connectivity index (χ4n) is 2.62. The quantitative estimate of drug-likeness (QED) is 0.250. The van der Waals surface area contributed by atoms with Crippen LogP contribution in [0.25, 0.3) is 10.8 Å². The molecule has 0 spiro atoms. The second-order valence-electron chi connectivity index (χ2n) is 5.83. The first-order chi connectivity index (χ1) is 13.2. The van der Waals surface area contributed by atoms with Crippen molar-refractivity contribution in [3.05, 3.63) is 59.7 Å². The number of aryl methyl sites for hydroxylation is 1. The zero-order valence-electron chi connectivity index (χ0n) is 15.4. The maximum Gasteiger partial charge on any atom is 1.00 e. The van der Waals surface area contributed by atoms with Crippen LogP contribution in [0.5, 0.6) is 5.75 Å². The normalized spacial score (nSPS) is 13.2. The molecule has 2 N–H and O–H groups in total. The second kappa shape index (κ2) is 9.26. The zero-order valence-corrected chi connectivity index (χ0v) is 19.0. The Morgan fingerprint density at radius 2 is 1.86 bits per heavy atom. The summed E-state index contributed by atoms with van der Waals surface area (Å²) >= 11 is 4.77. The van der Waals surface area contributed by atoms with E-state index in [0.717, 1.165) is 0 Å². The molecule has 3 aromatic rings. The van der Waals surface area contributed by atoms with E-state index in [1.807, 2.05) is 0 Å². The van der Waals surface area contributed by atoms with E-state index < -0.39 is 26.1 Å². The summed E-state index contributed by atoms with van der Waals surface area (Å²) in [6.07, 6.45) is 0. The van der Waals surface area contributed by atoms with Crippen LogP contribution in [0, 0.1) is 6.92 Å². The average Bonchev–Trinajstić information content (AvgIpc) is 2.67. The number of benzene rings is 3. The number of carboxylic acid groups (broad SMARTS) is 1. The molecule has 29 heavy (non-hydrogen) atoms. The summed E-state index contributed by atoms with van der Waals surface area (Å²) in [5, 5.41) is 39.4. The van der Waals surface area contributed by atoms with Crippen molar-refractivity contribution in [1.82, 2.24) is 0 Å². The maximum atomic E-state index is 12.3. The monoisotopic (exact) mass is 440 g/mol. The van der Waals surface area contributed by atoms with Gasteiger partial charge < -0.3 is 15.0 Å². The smallest absolute Gasteiger partial charge is 0.545 e. The van der Waals surface area contributed by atoms with Crippen molar-refractivity contribution in [3.63, 3.8) is 0 Å². The summed E-state index contributed by atoms with van der Waals surface area (Å²) in [6.45, 7) is 1.72. The molecule has 11 heteroatoms. The molecule has 0 amide bonds. The number of nitrogens with zero attached hydrogens (tertiary/aromatic N) is 2. The van der Waals surface area contributed by atoms with Gasteiger partial charge in [0.25, 0.3) is 0 Å². The van der Waals surface area contributed by atoms with Crippen molar-refractivity contribution in [2.24, 2.45) is 10.2 Å².